The Morgan fingerprint density at radius 1 is 0.611 bits per heavy atom. The van der Waals surface area contributed by atoms with Gasteiger partial charge in [0.05, 0.1) is 19.8 Å². The summed E-state index contributed by atoms with van der Waals surface area (Å²) in [5, 5.41) is 119. The van der Waals surface area contributed by atoms with E-state index in [1.165, 1.54) is 0 Å². The molecule has 1 unspecified atom stereocenters. The van der Waals surface area contributed by atoms with Gasteiger partial charge in [-0.15, -0.1) is 0 Å². The molecule has 0 aliphatic carbocycles. The fourth-order valence-corrected chi connectivity index (χ4v) is 4.16. The van der Waals surface area contributed by atoms with E-state index in [9.17, 15) is 51.1 Å². The zero-order valence-electron chi connectivity index (χ0n) is 18.8. The molecule has 3 aliphatic rings. The molecular formula is C19H34O17. The van der Waals surface area contributed by atoms with Gasteiger partial charge in [0, 0.05) is 0 Å². The fourth-order valence-electron chi connectivity index (χ4n) is 4.16. The van der Waals surface area contributed by atoms with E-state index in [4.69, 9.17) is 33.9 Å². The number of aliphatic hydroxyl groups is 12. The van der Waals surface area contributed by atoms with Crippen LogP contribution in [0.2, 0.25) is 0 Å². The second kappa shape index (κ2) is 12.5. The lowest BCUT2D eigenvalue weighted by molar-refractivity contribution is -0.368. The molecule has 3 aliphatic heterocycles. The molecule has 3 rings (SSSR count). The first-order valence-electron chi connectivity index (χ1n) is 11.2. The number of aliphatic hydroxyl groups excluding tert-OH is 12. The quantitative estimate of drug-likeness (QED) is 0.138. The van der Waals surface area contributed by atoms with Crippen molar-refractivity contribution in [3.8, 4) is 0 Å². The van der Waals surface area contributed by atoms with E-state index in [1.807, 2.05) is 0 Å². The summed E-state index contributed by atoms with van der Waals surface area (Å²) >= 11 is 0. The minimum absolute atomic E-state index is 0.682. The van der Waals surface area contributed by atoms with Crippen LogP contribution in [-0.4, -0.2) is 179 Å². The van der Waals surface area contributed by atoms with Crippen molar-refractivity contribution in [2.24, 2.45) is 0 Å². The molecule has 0 aromatic carbocycles. The molecule has 17 nitrogen and oxygen atoms in total. The van der Waals surface area contributed by atoms with Crippen molar-refractivity contribution in [1.82, 2.24) is 0 Å². The molecule has 212 valence electrons. The smallest absolute Gasteiger partial charge is 0.187 e. The molecule has 0 radical (unpaired) electrons. The van der Waals surface area contributed by atoms with E-state index in [-0.39, 0.29) is 0 Å². The Labute approximate surface area is 203 Å². The lowest BCUT2D eigenvalue weighted by Gasteiger charge is -2.45. The standard InChI is InChI=1S/C19H34O17/c20-1-4(22)15-12(28)10(26)13(29)18(35-15)32-3-6-8(24)9(25)14(30)19(34-6)36-16-11(27)7(23)5(2-21)33-17(16)31/h4-31H,1-3H2/t4-,5+,6-,7+,8-,9+,10+,11-,12+,13+,14-,15?,16+,17-,18-,19+/m1/s1. The average Bonchev–Trinajstić information content (AvgIpc) is 2.86. The second-order valence-corrected chi connectivity index (χ2v) is 8.87. The molecule has 36 heavy (non-hydrogen) atoms. The SMILES string of the molecule is OC[C@@H](O)C1O[C@@H](OC[C@H]2O[C@@H](O[C@H]3[C@H](O)[C@@H](O)[C@H](CO)O[C@H]3O)[C@H](O)[C@@H](O)[C@@H]2O)[C@@H](O)[C@@H](O)[C@@H]1O. The van der Waals surface area contributed by atoms with E-state index in [2.05, 4.69) is 0 Å². The van der Waals surface area contributed by atoms with Crippen molar-refractivity contribution < 1.29 is 85.0 Å². The van der Waals surface area contributed by atoms with Crippen molar-refractivity contribution in [2.75, 3.05) is 19.8 Å². The molecule has 12 N–H and O–H groups in total. The number of rotatable bonds is 8. The Balaban J connectivity index is 1.66. The summed E-state index contributed by atoms with van der Waals surface area (Å²) in [5.41, 5.74) is 0. The van der Waals surface area contributed by atoms with Crippen molar-refractivity contribution >= 4 is 0 Å². The lowest BCUT2D eigenvalue weighted by Crippen LogP contribution is -2.65. The summed E-state index contributed by atoms with van der Waals surface area (Å²) in [6.07, 6.45) is -27.7. The number of ether oxygens (including phenoxy) is 5. The normalized spacial score (nSPS) is 51.2. The molecule has 16 atom stereocenters. The third-order valence-electron chi connectivity index (χ3n) is 6.40. The van der Waals surface area contributed by atoms with Gasteiger partial charge in [-0.05, 0) is 0 Å². The topological polar surface area (TPSA) is 289 Å². The maximum Gasteiger partial charge on any atom is 0.187 e. The molecule has 0 saturated carbocycles. The molecule has 3 fully saturated rings. The van der Waals surface area contributed by atoms with E-state index < -0.39 is 118 Å². The molecular weight excluding hydrogens is 500 g/mol. The van der Waals surface area contributed by atoms with Crippen LogP contribution < -0.4 is 0 Å². The van der Waals surface area contributed by atoms with Crippen LogP contribution in [0.25, 0.3) is 0 Å². The lowest BCUT2D eigenvalue weighted by atomic mass is 9.95. The highest BCUT2D eigenvalue weighted by Crippen LogP contribution is 2.30. The van der Waals surface area contributed by atoms with Crippen LogP contribution in [0.1, 0.15) is 0 Å². The second-order valence-electron chi connectivity index (χ2n) is 8.87. The van der Waals surface area contributed by atoms with Crippen LogP contribution >= 0.6 is 0 Å². The van der Waals surface area contributed by atoms with Gasteiger partial charge in [-0.2, -0.15) is 0 Å². The molecule has 3 heterocycles. The minimum atomic E-state index is -1.92. The van der Waals surface area contributed by atoms with E-state index in [0.29, 0.717) is 0 Å². The van der Waals surface area contributed by atoms with Gasteiger partial charge in [-0.1, -0.05) is 0 Å². The Hall–Kier alpha value is -0.680. The Morgan fingerprint density at radius 2 is 1.19 bits per heavy atom. The summed E-state index contributed by atoms with van der Waals surface area (Å²) in [4.78, 5) is 0. The van der Waals surface area contributed by atoms with E-state index in [1.54, 1.807) is 0 Å². The van der Waals surface area contributed by atoms with Gasteiger partial charge in [0.15, 0.2) is 18.9 Å². The molecule has 0 spiro atoms. The third kappa shape index (κ3) is 5.98. The van der Waals surface area contributed by atoms with Gasteiger partial charge in [0.25, 0.3) is 0 Å². The predicted octanol–water partition coefficient (Wildman–Crippen LogP) is -8.21. The minimum Gasteiger partial charge on any atom is -0.394 e. The van der Waals surface area contributed by atoms with Gasteiger partial charge >= 0.3 is 0 Å². The summed E-state index contributed by atoms with van der Waals surface area (Å²) < 4.78 is 26.2. The first kappa shape index (κ1) is 29.9. The third-order valence-corrected chi connectivity index (χ3v) is 6.40. The fraction of sp³-hybridized carbons (Fsp3) is 1.00. The molecule has 0 aromatic rings. The number of hydrogen-bond donors (Lipinski definition) is 12. The van der Waals surface area contributed by atoms with Gasteiger partial charge in [-0.3, -0.25) is 0 Å². The van der Waals surface area contributed by atoms with Crippen LogP contribution in [0.15, 0.2) is 0 Å². The largest absolute Gasteiger partial charge is 0.394 e. The first-order valence-corrected chi connectivity index (χ1v) is 11.2. The maximum atomic E-state index is 10.3. The van der Waals surface area contributed by atoms with Gasteiger partial charge < -0.3 is 85.0 Å². The highest BCUT2D eigenvalue weighted by Gasteiger charge is 2.51. The van der Waals surface area contributed by atoms with Gasteiger partial charge in [0.1, 0.15) is 79.4 Å². The highest BCUT2D eigenvalue weighted by molar-refractivity contribution is 4.95. The first-order chi connectivity index (χ1) is 16.9. The van der Waals surface area contributed by atoms with E-state index in [0.717, 1.165) is 0 Å². The molecule has 3 saturated heterocycles. The maximum absolute atomic E-state index is 10.3. The van der Waals surface area contributed by atoms with Crippen molar-refractivity contribution in [1.29, 1.82) is 0 Å². The van der Waals surface area contributed by atoms with Crippen LogP contribution in [0.3, 0.4) is 0 Å². The van der Waals surface area contributed by atoms with Crippen molar-refractivity contribution in [2.45, 2.75) is 98.2 Å². The van der Waals surface area contributed by atoms with Crippen LogP contribution in [0.4, 0.5) is 0 Å². The predicted molar refractivity (Wildman–Crippen MR) is 107 cm³/mol. The highest BCUT2D eigenvalue weighted by atomic mass is 16.7. The molecule has 17 heteroatoms. The van der Waals surface area contributed by atoms with Crippen molar-refractivity contribution in [3.05, 3.63) is 0 Å². The summed E-state index contributed by atoms with van der Waals surface area (Å²) in [6.45, 7) is -2.26. The summed E-state index contributed by atoms with van der Waals surface area (Å²) in [7, 11) is 0. The molecule has 0 aromatic heterocycles. The monoisotopic (exact) mass is 534 g/mol. The Bertz CT molecular complexity index is 686. The van der Waals surface area contributed by atoms with Crippen LogP contribution in [-0.2, 0) is 23.7 Å². The molecule has 0 amide bonds. The number of hydrogen-bond acceptors (Lipinski definition) is 17. The Morgan fingerprint density at radius 3 is 1.81 bits per heavy atom. The zero-order chi connectivity index (χ0) is 26.9. The van der Waals surface area contributed by atoms with Crippen molar-refractivity contribution in [3.63, 3.8) is 0 Å². The zero-order valence-corrected chi connectivity index (χ0v) is 18.8. The van der Waals surface area contributed by atoms with E-state index >= 15 is 0 Å². The van der Waals surface area contributed by atoms with Crippen LogP contribution in [0.5, 0.6) is 0 Å². The Kier molecular flexibility index (Phi) is 10.3. The van der Waals surface area contributed by atoms with Gasteiger partial charge in [-0.25, -0.2) is 0 Å². The summed E-state index contributed by atoms with van der Waals surface area (Å²) in [5.74, 6) is 0. The molecule has 0 bridgehead atoms. The van der Waals surface area contributed by atoms with Gasteiger partial charge in [0.2, 0.25) is 0 Å². The van der Waals surface area contributed by atoms with Crippen LogP contribution in [0, 0.1) is 0 Å². The average molecular weight is 534 g/mol. The summed E-state index contributed by atoms with van der Waals surface area (Å²) in [6, 6.07) is 0.